The van der Waals surface area contributed by atoms with Crippen molar-refractivity contribution in [1.29, 1.82) is 0 Å². The number of phenols is 1. The minimum Gasteiger partial charge on any atom is -0.508 e. The number of aromatic hydroxyl groups is 1. The van der Waals surface area contributed by atoms with E-state index in [9.17, 15) is 9.90 Å². The highest BCUT2D eigenvalue weighted by molar-refractivity contribution is 7.11. The molecule has 1 aromatic heterocycles. The third-order valence-corrected chi connectivity index (χ3v) is 4.02. The smallest absolute Gasteiger partial charge is 0.355 e. The van der Waals surface area contributed by atoms with Gasteiger partial charge in [-0.05, 0) is 35.8 Å². The van der Waals surface area contributed by atoms with Gasteiger partial charge in [0.05, 0.1) is 0 Å². The number of carboxylic acid groups (broad SMARTS) is 1. The predicted octanol–water partition coefficient (Wildman–Crippen LogP) is 3.67. The molecule has 104 valence electrons. The summed E-state index contributed by atoms with van der Waals surface area (Å²) in [5, 5.41) is 20.7. The summed E-state index contributed by atoms with van der Waals surface area (Å²) in [5.74, 6) is -0.875. The number of carbonyl (C=O) groups is 1. The number of allylic oxidation sites excluding steroid dienone is 1. The van der Waals surface area contributed by atoms with Crippen LogP contribution >= 0.6 is 11.3 Å². The monoisotopic (exact) mass is 289 g/mol. The van der Waals surface area contributed by atoms with Crippen molar-refractivity contribution in [3.63, 3.8) is 0 Å². The zero-order valence-electron chi connectivity index (χ0n) is 11.3. The molecule has 0 fully saturated rings. The van der Waals surface area contributed by atoms with Gasteiger partial charge < -0.3 is 10.2 Å². The van der Waals surface area contributed by atoms with Gasteiger partial charge in [0.25, 0.3) is 0 Å². The van der Waals surface area contributed by atoms with E-state index in [0.717, 1.165) is 16.7 Å². The molecule has 0 radical (unpaired) electrons. The van der Waals surface area contributed by atoms with Crippen LogP contribution in [-0.2, 0) is 0 Å². The van der Waals surface area contributed by atoms with E-state index in [-0.39, 0.29) is 17.4 Å². The van der Waals surface area contributed by atoms with Gasteiger partial charge in [-0.15, -0.1) is 11.3 Å². The van der Waals surface area contributed by atoms with Gasteiger partial charge in [0.15, 0.2) is 5.69 Å². The van der Waals surface area contributed by atoms with Gasteiger partial charge in [-0.25, -0.2) is 9.78 Å². The van der Waals surface area contributed by atoms with Gasteiger partial charge in [-0.3, -0.25) is 0 Å². The fourth-order valence-electron chi connectivity index (χ4n) is 1.95. The van der Waals surface area contributed by atoms with E-state index in [1.807, 2.05) is 19.9 Å². The van der Waals surface area contributed by atoms with Crippen LogP contribution in [0.3, 0.4) is 0 Å². The molecule has 2 aromatic rings. The van der Waals surface area contributed by atoms with Crippen LogP contribution in [0.25, 0.3) is 5.57 Å². The quantitative estimate of drug-likeness (QED) is 0.901. The number of carboxylic acids is 1. The van der Waals surface area contributed by atoms with E-state index in [0.29, 0.717) is 5.01 Å². The van der Waals surface area contributed by atoms with Crippen molar-refractivity contribution in [3.05, 3.63) is 52.0 Å². The number of aromatic carboxylic acids is 1. The Kier molecular flexibility index (Phi) is 3.90. The van der Waals surface area contributed by atoms with Gasteiger partial charge in [-0.1, -0.05) is 19.6 Å². The Morgan fingerprint density at radius 1 is 1.40 bits per heavy atom. The van der Waals surface area contributed by atoms with Gasteiger partial charge in [-0.2, -0.15) is 0 Å². The van der Waals surface area contributed by atoms with Gasteiger partial charge in [0.1, 0.15) is 10.8 Å². The summed E-state index contributed by atoms with van der Waals surface area (Å²) in [7, 11) is 0. The Bertz CT molecular complexity index is 655. The molecule has 1 aromatic carbocycles. The van der Waals surface area contributed by atoms with Crippen molar-refractivity contribution >= 4 is 22.9 Å². The van der Waals surface area contributed by atoms with E-state index < -0.39 is 5.97 Å². The van der Waals surface area contributed by atoms with Crippen LogP contribution in [0.4, 0.5) is 0 Å². The molecule has 2 N–H and O–H groups in total. The highest BCUT2D eigenvalue weighted by Gasteiger charge is 2.17. The molecule has 0 aliphatic rings. The Balaban J connectivity index is 2.29. The number of aryl methyl sites for hydroxylation is 1. The maximum Gasteiger partial charge on any atom is 0.355 e. The first kappa shape index (κ1) is 14.3. The Morgan fingerprint density at radius 3 is 2.65 bits per heavy atom. The molecule has 0 bridgehead atoms. The second kappa shape index (κ2) is 5.46. The topological polar surface area (TPSA) is 70.4 Å². The summed E-state index contributed by atoms with van der Waals surface area (Å²) in [6.45, 7) is 7.87. The SMILES string of the molecule is C=C(c1nc(C(=O)O)cs1)C(C)c1cc(C)cc(O)c1. The Labute approximate surface area is 121 Å². The number of thiazole rings is 1. The summed E-state index contributed by atoms with van der Waals surface area (Å²) < 4.78 is 0. The summed E-state index contributed by atoms with van der Waals surface area (Å²) in [6, 6.07) is 5.35. The predicted molar refractivity (Wildman–Crippen MR) is 79.4 cm³/mol. The molecule has 1 unspecified atom stereocenters. The fourth-order valence-corrected chi connectivity index (χ4v) is 2.80. The second-order valence-electron chi connectivity index (χ2n) is 4.69. The van der Waals surface area contributed by atoms with Crippen LogP contribution in [-0.4, -0.2) is 21.2 Å². The molecule has 0 saturated carbocycles. The molecule has 0 amide bonds. The molecule has 0 aliphatic carbocycles. The lowest BCUT2D eigenvalue weighted by Crippen LogP contribution is -2.00. The number of phenolic OH excluding ortho intramolecular Hbond substituents is 1. The van der Waals surface area contributed by atoms with E-state index in [1.54, 1.807) is 12.1 Å². The van der Waals surface area contributed by atoms with Crippen molar-refractivity contribution < 1.29 is 15.0 Å². The average Bonchev–Trinajstić information content (AvgIpc) is 2.85. The zero-order valence-corrected chi connectivity index (χ0v) is 12.1. The largest absolute Gasteiger partial charge is 0.508 e. The maximum absolute atomic E-state index is 10.8. The Hall–Kier alpha value is -2.14. The fraction of sp³-hybridized carbons (Fsp3) is 0.200. The van der Waals surface area contributed by atoms with E-state index in [4.69, 9.17) is 5.11 Å². The first-order valence-corrected chi connectivity index (χ1v) is 6.95. The number of hydrogen-bond acceptors (Lipinski definition) is 4. The first-order chi connectivity index (χ1) is 9.38. The minimum absolute atomic E-state index is 0.0328. The van der Waals surface area contributed by atoms with E-state index in [1.165, 1.54) is 16.7 Å². The summed E-state index contributed by atoms with van der Waals surface area (Å²) >= 11 is 1.26. The van der Waals surface area contributed by atoms with Crippen LogP contribution in [0.5, 0.6) is 5.75 Å². The number of aromatic nitrogens is 1. The standard InChI is InChI=1S/C15H15NO3S/c1-8-4-11(6-12(17)5-8)9(2)10(3)14-16-13(7-20-14)15(18)19/h4-7,9,17H,3H2,1-2H3,(H,18,19). The van der Waals surface area contributed by atoms with Crippen molar-refractivity contribution in [3.8, 4) is 5.75 Å². The molecule has 1 heterocycles. The highest BCUT2D eigenvalue weighted by Crippen LogP contribution is 2.33. The normalized spacial score (nSPS) is 12.1. The molecule has 4 nitrogen and oxygen atoms in total. The van der Waals surface area contributed by atoms with E-state index in [2.05, 4.69) is 11.6 Å². The third kappa shape index (κ3) is 2.88. The van der Waals surface area contributed by atoms with Crippen LogP contribution in [0.15, 0.2) is 30.2 Å². The number of rotatable bonds is 4. The Morgan fingerprint density at radius 2 is 2.10 bits per heavy atom. The summed E-state index contributed by atoms with van der Waals surface area (Å²) in [6.07, 6.45) is 0. The lowest BCUT2D eigenvalue weighted by atomic mass is 9.93. The van der Waals surface area contributed by atoms with Crippen LogP contribution < -0.4 is 0 Å². The third-order valence-electron chi connectivity index (χ3n) is 3.11. The highest BCUT2D eigenvalue weighted by atomic mass is 32.1. The maximum atomic E-state index is 10.8. The molecule has 0 aliphatic heterocycles. The molecule has 20 heavy (non-hydrogen) atoms. The average molecular weight is 289 g/mol. The zero-order chi connectivity index (χ0) is 14.9. The van der Waals surface area contributed by atoms with Crippen molar-refractivity contribution in [1.82, 2.24) is 4.98 Å². The molecule has 2 rings (SSSR count). The van der Waals surface area contributed by atoms with Gasteiger partial charge in [0, 0.05) is 11.3 Å². The second-order valence-corrected chi connectivity index (χ2v) is 5.55. The number of nitrogens with zero attached hydrogens (tertiary/aromatic N) is 1. The van der Waals surface area contributed by atoms with Crippen molar-refractivity contribution in [2.75, 3.05) is 0 Å². The van der Waals surface area contributed by atoms with Crippen molar-refractivity contribution in [2.24, 2.45) is 0 Å². The summed E-state index contributed by atoms with van der Waals surface area (Å²) in [5.41, 5.74) is 2.67. The number of hydrogen-bond donors (Lipinski definition) is 2. The minimum atomic E-state index is -1.04. The first-order valence-electron chi connectivity index (χ1n) is 6.07. The molecular weight excluding hydrogens is 274 g/mol. The molecule has 0 spiro atoms. The van der Waals surface area contributed by atoms with Crippen LogP contribution in [0.2, 0.25) is 0 Å². The van der Waals surface area contributed by atoms with Crippen LogP contribution in [0, 0.1) is 6.92 Å². The van der Waals surface area contributed by atoms with Gasteiger partial charge in [0.2, 0.25) is 0 Å². The molecular formula is C15H15NO3S. The molecule has 0 saturated heterocycles. The number of benzene rings is 1. The molecule has 1 atom stereocenters. The van der Waals surface area contributed by atoms with Gasteiger partial charge >= 0.3 is 5.97 Å². The van der Waals surface area contributed by atoms with E-state index >= 15 is 0 Å². The lowest BCUT2D eigenvalue weighted by Gasteiger charge is -2.14. The summed E-state index contributed by atoms with van der Waals surface area (Å²) in [4.78, 5) is 14.9. The van der Waals surface area contributed by atoms with Crippen molar-refractivity contribution in [2.45, 2.75) is 19.8 Å². The molecule has 5 heteroatoms. The lowest BCUT2D eigenvalue weighted by molar-refractivity contribution is 0.0691. The van der Waals surface area contributed by atoms with Crippen LogP contribution in [0.1, 0.15) is 39.5 Å².